The van der Waals surface area contributed by atoms with Crippen LogP contribution in [0.5, 0.6) is 0 Å². The van der Waals surface area contributed by atoms with Crippen LogP contribution in [0.3, 0.4) is 0 Å². The van der Waals surface area contributed by atoms with Gasteiger partial charge in [-0.05, 0) is 31.2 Å². The Kier molecular flexibility index (Phi) is 5.08. The van der Waals surface area contributed by atoms with Gasteiger partial charge in [-0.3, -0.25) is 4.79 Å². The quantitative estimate of drug-likeness (QED) is 0.612. The minimum Gasteiger partial charge on any atom is -0.463 e. The zero-order valence-corrected chi connectivity index (χ0v) is 12.6. The maximum Gasteiger partial charge on any atom is 0.255 e. The van der Waals surface area contributed by atoms with Gasteiger partial charge < -0.3 is 4.42 Å². The molecule has 0 saturated heterocycles. The van der Waals surface area contributed by atoms with E-state index in [-0.39, 0.29) is 4.90 Å². The molecule has 0 aliphatic carbocycles. The van der Waals surface area contributed by atoms with Crippen LogP contribution in [-0.4, -0.2) is 27.1 Å². The molecule has 0 unspecified atom stereocenters. The first kappa shape index (κ1) is 15.9. The van der Waals surface area contributed by atoms with E-state index in [0.29, 0.717) is 5.76 Å². The van der Waals surface area contributed by atoms with Gasteiger partial charge in [-0.1, -0.05) is 17.7 Å². The SMILES string of the molecule is Cc1ccc(S(=O)(=O)NCC(=O)N/N=C/c2ccco2)cc1. The highest BCUT2D eigenvalue weighted by Crippen LogP contribution is 2.09. The Morgan fingerprint density at radius 2 is 2.00 bits per heavy atom. The van der Waals surface area contributed by atoms with E-state index in [9.17, 15) is 13.2 Å². The van der Waals surface area contributed by atoms with E-state index in [1.165, 1.54) is 24.6 Å². The largest absolute Gasteiger partial charge is 0.463 e. The van der Waals surface area contributed by atoms with Crippen LogP contribution >= 0.6 is 0 Å². The fourth-order valence-corrected chi connectivity index (χ4v) is 2.52. The molecule has 7 nitrogen and oxygen atoms in total. The summed E-state index contributed by atoms with van der Waals surface area (Å²) in [5.41, 5.74) is 3.15. The van der Waals surface area contributed by atoms with Crippen molar-refractivity contribution in [2.75, 3.05) is 6.54 Å². The number of furan rings is 1. The topological polar surface area (TPSA) is 101 Å². The summed E-state index contributed by atoms with van der Waals surface area (Å²) in [6, 6.07) is 9.66. The Labute approximate surface area is 128 Å². The molecule has 1 amide bonds. The summed E-state index contributed by atoms with van der Waals surface area (Å²) < 4.78 is 31.1. The molecule has 116 valence electrons. The van der Waals surface area contributed by atoms with Crippen LogP contribution in [0.2, 0.25) is 0 Å². The number of hydrogen-bond donors (Lipinski definition) is 2. The molecule has 1 heterocycles. The molecule has 1 aromatic carbocycles. The minimum absolute atomic E-state index is 0.102. The van der Waals surface area contributed by atoms with Crippen LogP contribution in [-0.2, 0) is 14.8 Å². The Morgan fingerprint density at radius 3 is 2.64 bits per heavy atom. The second-order valence-electron chi connectivity index (χ2n) is 4.45. The van der Waals surface area contributed by atoms with Crippen LogP contribution in [0, 0.1) is 6.92 Å². The molecule has 2 aromatic rings. The summed E-state index contributed by atoms with van der Waals surface area (Å²) in [6.45, 7) is 1.44. The molecule has 22 heavy (non-hydrogen) atoms. The Bertz CT molecular complexity index is 750. The van der Waals surface area contributed by atoms with Gasteiger partial charge in [0.2, 0.25) is 10.0 Å². The second-order valence-corrected chi connectivity index (χ2v) is 6.21. The van der Waals surface area contributed by atoms with Gasteiger partial charge in [0.25, 0.3) is 5.91 Å². The Morgan fingerprint density at radius 1 is 1.27 bits per heavy atom. The summed E-state index contributed by atoms with van der Waals surface area (Å²) >= 11 is 0. The fourth-order valence-electron chi connectivity index (χ4n) is 1.53. The maximum atomic E-state index is 12.0. The molecule has 2 N–H and O–H groups in total. The molecule has 0 saturated carbocycles. The first-order chi connectivity index (χ1) is 10.5. The van der Waals surface area contributed by atoms with Gasteiger partial charge in [-0.25, -0.2) is 18.6 Å². The van der Waals surface area contributed by atoms with E-state index in [4.69, 9.17) is 4.42 Å². The average molecular weight is 321 g/mol. The minimum atomic E-state index is -3.72. The zero-order valence-electron chi connectivity index (χ0n) is 11.8. The normalized spacial score (nSPS) is 11.7. The molecule has 0 radical (unpaired) electrons. The van der Waals surface area contributed by atoms with E-state index >= 15 is 0 Å². The maximum absolute atomic E-state index is 12.0. The molecule has 0 atom stereocenters. The van der Waals surface area contributed by atoms with Crippen LogP contribution in [0.25, 0.3) is 0 Å². The van der Waals surface area contributed by atoms with Crippen LogP contribution < -0.4 is 10.1 Å². The van der Waals surface area contributed by atoms with Crippen molar-refractivity contribution in [2.24, 2.45) is 5.10 Å². The highest BCUT2D eigenvalue weighted by molar-refractivity contribution is 7.89. The van der Waals surface area contributed by atoms with E-state index in [0.717, 1.165) is 5.56 Å². The lowest BCUT2D eigenvalue weighted by molar-refractivity contribution is -0.119. The number of nitrogens with one attached hydrogen (secondary N) is 2. The molecule has 1 aromatic heterocycles. The molecule has 2 rings (SSSR count). The molecule has 0 aliphatic heterocycles. The van der Waals surface area contributed by atoms with Crippen molar-refractivity contribution in [1.29, 1.82) is 0 Å². The molecule has 0 aliphatic rings. The number of carbonyl (C=O) groups is 1. The highest BCUT2D eigenvalue weighted by Gasteiger charge is 2.14. The number of carbonyl (C=O) groups excluding carboxylic acids is 1. The molecular weight excluding hydrogens is 306 g/mol. The van der Waals surface area contributed by atoms with E-state index in [1.807, 2.05) is 6.92 Å². The summed E-state index contributed by atoms with van der Waals surface area (Å²) in [4.78, 5) is 11.6. The van der Waals surface area contributed by atoms with Gasteiger partial charge >= 0.3 is 0 Å². The van der Waals surface area contributed by atoms with Gasteiger partial charge in [0, 0.05) is 0 Å². The van der Waals surface area contributed by atoms with E-state index < -0.39 is 22.5 Å². The number of hydrogen-bond acceptors (Lipinski definition) is 5. The first-order valence-electron chi connectivity index (χ1n) is 6.39. The van der Waals surface area contributed by atoms with Gasteiger partial charge in [0.15, 0.2) is 0 Å². The van der Waals surface area contributed by atoms with Crippen molar-refractivity contribution < 1.29 is 17.6 Å². The van der Waals surface area contributed by atoms with Gasteiger partial charge in [-0.2, -0.15) is 5.10 Å². The summed E-state index contributed by atoms with van der Waals surface area (Å²) in [5.74, 6) is -0.112. The number of hydrazone groups is 1. The lowest BCUT2D eigenvalue weighted by Gasteiger charge is -2.06. The van der Waals surface area contributed by atoms with E-state index in [2.05, 4.69) is 15.2 Å². The van der Waals surface area contributed by atoms with Crippen molar-refractivity contribution in [3.63, 3.8) is 0 Å². The number of rotatable bonds is 6. The van der Waals surface area contributed by atoms with Crippen LogP contribution in [0.1, 0.15) is 11.3 Å². The second kappa shape index (κ2) is 7.01. The highest BCUT2D eigenvalue weighted by atomic mass is 32.2. The summed E-state index contributed by atoms with van der Waals surface area (Å²) in [5, 5.41) is 3.65. The first-order valence-corrected chi connectivity index (χ1v) is 7.87. The van der Waals surface area contributed by atoms with Crippen molar-refractivity contribution in [3.8, 4) is 0 Å². The predicted octanol–water partition coefficient (Wildman–Crippen LogP) is 1.02. The number of aryl methyl sites for hydroxylation is 1. The summed E-state index contributed by atoms with van der Waals surface area (Å²) in [6.07, 6.45) is 2.78. The molecule has 8 heteroatoms. The lowest BCUT2D eigenvalue weighted by Crippen LogP contribution is -2.34. The Balaban J connectivity index is 1.86. The number of sulfonamides is 1. The van der Waals surface area contributed by atoms with Gasteiger partial charge in [0.1, 0.15) is 5.76 Å². The van der Waals surface area contributed by atoms with Gasteiger partial charge in [-0.15, -0.1) is 0 Å². The number of benzene rings is 1. The van der Waals surface area contributed by atoms with Crippen molar-refractivity contribution in [2.45, 2.75) is 11.8 Å². The molecule has 0 spiro atoms. The third-order valence-corrected chi connectivity index (χ3v) is 4.10. The molecule has 0 bridgehead atoms. The smallest absolute Gasteiger partial charge is 0.255 e. The monoisotopic (exact) mass is 321 g/mol. The van der Waals surface area contributed by atoms with E-state index in [1.54, 1.807) is 24.3 Å². The molecular formula is C14H15N3O4S. The van der Waals surface area contributed by atoms with Crippen molar-refractivity contribution in [3.05, 3.63) is 54.0 Å². The number of amides is 1. The standard InChI is InChI=1S/C14H15N3O4S/c1-11-4-6-13(7-5-11)22(19,20)16-10-14(18)17-15-9-12-3-2-8-21-12/h2-9,16H,10H2,1H3,(H,17,18)/b15-9+. The van der Waals surface area contributed by atoms with Crippen molar-refractivity contribution >= 4 is 22.1 Å². The number of nitrogens with zero attached hydrogens (tertiary/aromatic N) is 1. The molecule has 0 fully saturated rings. The Hall–Kier alpha value is -2.45. The fraction of sp³-hybridized carbons (Fsp3) is 0.143. The van der Waals surface area contributed by atoms with Gasteiger partial charge in [0.05, 0.1) is 23.9 Å². The zero-order chi connectivity index (χ0) is 16.0. The lowest BCUT2D eigenvalue weighted by atomic mass is 10.2. The van der Waals surface area contributed by atoms with Crippen LogP contribution in [0.15, 0.2) is 57.1 Å². The van der Waals surface area contributed by atoms with Crippen molar-refractivity contribution in [1.82, 2.24) is 10.1 Å². The predicted molar refractivity (Wildman–Crippen MR) is 80.8 cm³/mol. The third-order valence-electron chi connectivity index (χ3n) is 2.68. The summed E-state index contributed by atoms with van der Waals surface area (Å²) in [7, 11) is -3.72. The average Bonchev–Trinajstić information content (AvgIpc) is 2.99. The third kappa shape index (κ3) is 4.54. The van der Waals surface area contributed by atoms with Crippen LogP contribution in [0.4, 0.5) is 0 Å².